The Bertz CT molecular complexity index is 278. The Morgan fingerprint density at radius 2 is 1.71 bits per heavy atom. The molecule has 0 saturated heterocycles. The first kappa shape index (κ1) is 12.0. The summed E-state index contributed by atoms with van der Waals surface area (Å²) in [5.41, 5.74) is 0. The summed E-state index contributed by atoms with van der Waals surface area (Å²) in [5, 5.41) is 8.12. The molecule has 0 saturated carbocycles. The average Bonchev–Trinajstić information content (AvgIpc) is 2.15. The van der Waals surface area contributed by atoms with Gasteiger partial charge in [0.05, 0.1) is 0 Å². The lowest BCUT2D eigenvalue weighted by Crippen LogP contribution is -2.08. The molecule has 0 fully saturated rings. The van der Waals surface area contributed by atoms with Gasteiger partial charge in [-0.3, -0.25) is 0 Å². The number of carbonyl (C=O) groups is 3. The molecule has 0 spiro atoms. The molecular formula is C8H8O6. The summed E-state index contributed by atoms with van der Waals surface area (Å²) in [6.07, 6.45) is 2.21. The number of esters is 3. The summed E-state index contributed by atoms with van der Waals surface area (Å²) in [7, 11) is 0. The van der Waals surface area contributed by atoms with E-state index in [1.165, 1.54) is 0 Å². The molecule has 14 heavy (non-hydrogen) atoms. The van der Waals surface area contributed by atoms with Crippen molar-refractivity contribution in [1.29, 1.82) is 0 Å². The molecule has 0 rings (SSSR count). The van der Waals surface area contributed by atoms with Gasteiger partial charge in [-0.25, -0.2) is 14.4 Å². The summed E-state index contributed by atoms with van der Waals surface area (Å²) in [4.78, 5) is 31.6. The predicted molar refractivity (Wildman–Crippen MR) is 43.6 cm³/mol. The lowest BCUT2D eigenvalue weighted by atomic mass is 10.5. The average molecular weight is 200 g/mol. The van der Waals surface area contributed by atoms with Gasteiger partial charge in [-0.2, -0.15) is 0 Å². The third kappa shape index (κ3) is 5.67. The van der Waals surface area contributed by atoms with Crippen LogP contribution in [0.3, 0.4) is 0 Å². The molecule has 0 aromatic heterocycles. The molecule has 0 heterocycles. The van der Waals surface area contributed by atoms with E-state index >= 15 is 0 Å². The van der Waals surface area contributed by atoms with Gasteiger partial charge in [0.15, 0.2) is 6.79 Å². The van der Waals surface area contributed by atoms with Crippen LogP contribution < -0.4 is 0 Å². The third-order valence-electron chi connectivity index (χ3n) is 0.930. The highest BCUT2D eigenvalue weighted by atomic mass is 16.6. The highest BCUT2D eigenvalue weighted by molar-refractivity contribution is 5.98. The number of aliphatic hydroxyl groups is 1. The fourth-order valence-corrected chi connectivity index (χ4v) is 0.423. The van der Waals surface area contributed by atoms with E-state index in [2.05, 4.69) is 16.1 Å². The van der Waals surface area contributed by atoms with Gasteiger partial charge >= 0.3 is 17.9 Å². The smallest absolute Gasteiger partial charge is 0.338 e. The van der Waals surface area contributed by atoms with Crippen molar-refractivity contribution in [3.05, 3.63) is 24.8 Å². The van der Waals surface area contributed by atoms with Crippen LogP contribution in [-0.2, 0) is 23.9 Å². The molecule has 0 aliphatic rings. The van der Waals surface area contributed by atoms with Gasteiger partial charge < -0.3 is 14.6 Å². The van der Waals surface area contributed by atoms with Crippen molar-refractivity contribution in [2.75, 3.05) is 6.79 Å². The lowest BCUT2D eigenvalue weighted by Gasteiger charge is -1.94. The van der Waals surface area contributed by atoms with Crippen molar-refractivity contribution in [3.8, 4) is 0 Å². The lowest BCUT2D eigenvalue weighted by molar-refractivity contribution is -0.153. The van der Waals surface area contributed by atoms with E-state index in [-0.39, 0.29) is 0 Å². The molecule has 0 unspecified atom stereocenters. The number of hydrogen-bond donors (Lipinski definition) is 1. The van der Waals surface area contributed by atoms with Crippen molar-refractivity contribution in [3.63, 3.8) is 0 Å². The Labute approximate surface area is 79.4 Å². The van der Waals surface area contributed by atoms with Crippen molar-refractivity contribution in [2.45, 2.75) is 0 Å². The zero-order valence-electron chi connectivity index (χ0n) is 7.13. The van der Waals surface area contributed by atoms with E-state index in [0.29, 0.717) is 6.08 Å². The van der Waals surface area contributed by atoms with Gasteiger partial charge in [-0.05, 0) is 0 Å². The van der Waals surface area contributed by atoms with Gasteiger partial charge in [0.25, 0.3) is 0 Å². The molecule has 0 aromatic rings. The van der Waals surface area contributed by atoms with Crippen LogP contribution >= 0.6 is 0 Å². The Morgan fingerprint density at radius 1 is 1.14 bits per heavy atom. The van der Waals surface area contributed by atoms with Crippen LogP contribution in [0.2, 0.25) is 0 Å². The Kier molecular flexibility index (Phi) is 5.64. The van der Waals surface area contributed by atoms with Gasteiger partial charge in [-0.1, -0.05) is 6.58 Å². The van der Waals surface area contributed by atoms with Crippen LogP contribution in [0.5, 0.6) is 0 Å². The normalized spacial score (nSPS) is 9.50. The number of rotatable bonds is 4. The van der Waals surface area contributed by atoms with E-state index in [4.69, 9.17) is 5.11 Å². The van der Waals surface area contributed by atoms with Crippen molar-refractivity contribution >= 4 is 17.9 Å². The number of hydrogen-bond acceptors (Lipinski definition) is 6. The topological polar surface area (TPSA) is 89.9 Å². The Hall–Kier alpha value is -1.95. The van der Waals surface area contributed by atoms with E-state index in [9.17, 15) is 14.4 Å². The van der Waals surface area contributed by atoms with E-state index in [0.717, 1.165) is 12.2 Å². The highest BCUT2D eigenvalue weighted by Crippen LogP contribution is 1.86. The van der Waals surface area contributed by atoms with Crippen LogP contribution in [0.15, 0.2) is 24.8 Å². The largest absolute Gasteiger partial charge is 0.436 e. The van der Waals surface area contributed by atoms with Crippen LogP contribution in [0.4, 0.5) is 0 Å². The van der Waals surface area contributed by atoms with Gasteiger partial charge in [0, 0.05) is 18.2 Å². The standard InChI is InChI=1S/C8H8O6/c1-2-6(10)14-8(12)4-3-7(11)13-5-9/h2-4,9H,1,5H2/b4-3-. The minimum absolute atomic E-state index is 0.694. The third-order valence-corrected chi connectivity index (χ3v) is 0.930. The molecule has 76 valence electrons. The second-order valence-electron chi connectivity index (χ2n) is 1.87. The Balaban J connectivity index is 3.99. The molecule has 6 nitrogen and oxygen atoms in total. The molecule has 0 atom stereocenters. The molecule has 0 aromatic carbocycles. The molecular weight excluding hydrogens is 192 g/mol. The molecule has 0 amide bonds. The fourth-order valence-electron chi connectivity index (χ4n) is 0.423. The highest BCUT2D eigenvalue weighted by Gasteiger charge is 2.03. The van der Waals surface area contributed by atoms with E-state index in [1.54, 1.807) is 0 Å². The van der Waals surface area contributed by atoms with Crippen LogP contribution in [0.25, 0.3) is 0 Å². The van der Waals surface area contributed by atoms with Crippen LogP contribution in [0.1, 0.15) is 0 Å². The number of ether oxygens (including phenoxy) is 2. The van der Waals surface area contributed by atoms with Gasteiger partial charge in [0.2, 0.25) is 0 Å². The maximum absolute atomic E-state index is 10.7. The predicted octanol–water partition coefficient (Wildman–Crippen LogP) is -0.709. The molecule has 0 radical (unpaired) electrons. The van der Waals surface area contributed by atoms with Crippen molar-refractivity contribution < 1.29 is 29.0 Å². The second kappa shape index (κ2) is 6.55. The van der Waals surface area contributed by atoms with E-state index in [1.807, 2.05) is 0 Å². The summed E-state index contributed by atoms with van der Waals surface area (Å²) in [5.74, 6) is -2.87. The first-order chi connectivity index (χ1) is 6.60. The zero-order chi connectivity index (χ0) is 11.0. The minimum atomic E-state index is -1.02. The fraction of sp³-hybridized carbons (Fsp3) is 0.125. The summed E-state index contributed by atoms with van der Waals surface area (Å²) < 4.78 is 8.12. The number of carbonyl (C=O) groups excluding carboxylic acids is 3. The molecule has 0 aliphatic heterocycles. The first-order valence-corrected chi connectivity index (χ1v) is 3.44. The summed E-state index contributed by atoms with van der Waals surface area (Å²) in [6, 6.07) is 0. The second-order valence-corrected chi connectivity index (χ2v) is 1.87. The van der Waals surface area contributed by atoms with Crippen molar-refractivity contribution in [1.82, 2.24) is 0 Å². The zero-order valence-corrected chi connectivity index (χ0v) is 7.13. The molecule has 0 bridgehead atoms. The maximum Gasteiger partial charge on any atom is 0.338 e. The molecule has 1 N–H and O–H groups in total. The Morgan fingerprint density at radius 3 is 2.21 bits per heavy atom. The summed E-state index contributed by atoms with van der Waals surface area (Å²) >= 11 is 0. The van der Waals surface area contributed by atoms with E-state index < -0.39 is 24.7 Å². The van der Waals surface area contributed by atoms with Crippen molar-refractivity contribution in [2.24, 2.45) is 0 Å². The summed E-state index contributed by atoms with van der Waals surface area (Å²) in [6.45, 7) is 2.27. The molecule has 6 heteroatoms. The quantitative estimate of drug-likeness (QED) is 0.279. The molecule has 0 aliphatic carbocycles. The van der Waals surface area contributed by atoms with Crippen LogP contribution in [-0.4, -0.2) is 29.8 Å². The minimum Gasteiger partial charge on any atom is -0.436 e. The SMILES string of the molecule is C=CC(=O)OC(=O)/C=C\C(=O)OCO. The maximum atomic E-state index is 10.7. The van der Waals surface area contributed by atoms with Crippen LogP contribution in [0, 0.1) is 0 Å². The van der Waals surface area contributed by atoms with Gasteiger partial charge in [-0.15, -0.1) is 0 Å². The van der Waals surface area contributed by atoms with Gasteiger partial charge in [0.1, 0.15) is 0 Å². The first-order valence-electron chi connectivity index (χ1n) is 3.44. The number of aliphatic hydroxyl groups excluding tert-OH is 1. The monoisotopic (exact) mass is 200 g/mol.